The number of hydrogen-bond acceptors (Lipinski definition) is 3. The first kappa shape index (κ1) is 17.5. The molecule has 1 aromatic rings. The van der Waals surface area contributed by atoms with E-state index >= 15 is 0 Å². The first-order valence-electron chi connectivity index (χ1n) is 8.56. The fourth-order valence-electron chi connectivity index (χ4n) is 2.75. The summed E-state index contributed by atoms with van der Waals surface area (Å²) in [6.45, 7) is 7.87. The summed E-state index contributed by atoms with van der Waals surface area (Å²) in [5.74, 6) is 0.228. The lowest BCUT2D eigenvalue weighted by molar-refractivity contribution is -0.151. The van der Waals surface area contributed by atoms with E-state index in [4.69, 9.17) is 4.74 Å². The highest BCUT2D eigenvalue weighted by atomic mass is 16.5. The van der Waals surface area contributed by atoms with Gasteiger partial charge in [-0.05, 0) is 42.9 Å². The average molecular weight is 317 g/mol. The number of carbonyl (C=O) groups excluding carboxylic acids is 2. The van der Waals surface area contributed by atoms with E-state index in [9.17, 15) is 9.59 Å². The van der Waals surface area contributed by atoms with Gasteiger partial charge >= 0.3 is 5.97 Å². The van der Waals surface area contributed by atoms with Gasteiger partial charge in [-0.2, -0.15) is 0 Å². The fraction of sp³-hybridized carbons (Fsp3) is 0.579. The summed E-state index contributed by atoms with van der Waals surface area (Å²) in [6, 6.07) is 7.79. The van der Waals surface area contributed by atoms with Crippen molar-refractivity contribution in [2.24, 2.45) is 11.8 Å². The van der Waals surface area contributed by atoms with Crippen LogP contribution in [0.5, 0.6) is 0 Å². The predicted molar refractivity (Wildman–Crippen MR) is 90.2 cm³/mol. The molecule has 1 aliphatic heterocycles. The summed E-state index contributed by atoms with van der Waals surface area (Å²) in [5, 5.41) is 0. The van der Waals surface area contributed by atoms with Crippen molar-refractivity contribution in [2.75, 3.05) is 19.7 Å². The minimum absolute atomic E-state index is 0.0571. The van der Waals surface area contributed by atoms with Gasteiger partial charge in [0.05, 0.1) is 12.5 Å². The molecule has 1 amide bonds. The Morgan fingerprint density at radius 1 is 1.17 bits per heavy atom. The molecule has 0 saturated carbocycles. The van der Waals surface area contributed by atoms with Crippen LogP contribution in [-0.2, 0) is 16.0 Å². The molecule has 4 heteroatoms. The third-order valence-electron chi connectivity index (χ3n) is 4.28. The van der Waals surface area contributed by atoms with E-state index in [1.165, 1.54) is 5.56 Å². The van der Waals surface area contributed by atoms with Crippen molar-refractivity contribution < 1.29 is 14.3 Å². The zero-order chi connectivity index (χ0) is 16.8. The second-order valence-electron chi connectivity index (χ2n) is 6.64. The van der Waals surface area contributed by atoms with Crippen molar-refractivity contribution in [3.05, 3.63) is 35.4 Å². The number of amides is 1. The van der Waals surface area contributed by atoms with E-state index in [0.717, 1.165) is 12.0 Å². The van der Waals surface area contributed by atoms with Crippen LogP contribution >= 0.6 is 0 Å². The molecular weight excluding hydrogens is 290 g/mol. The monoisotopic (exact) mass is 317 g/mol. The highest BCUT2D eigenvalue weighted by molar-refractivity contribution is 5.94. The van der Waals surface area contributed by atoms with Gasteiger partial charge in [-0.15, -0.1) is 0 Å². The Hall–Kier alpha value is -1.84. The maximum atomic E-state index is 12.5. The lowest BCUT2D eigenvalue weighted by atomic mass is 9.96. The SMILES string of the molecule is CCc1ccc(C(=O)N2CCC(C(=O)OCC(C)C)CC2)cc1. The molecule has 1 fully saturated rings. The van der Waals surface area contributed by atoms with Gasteiger partial charge in [0.2, 0.25) is 0 Å². The number of benzene rings is 1. The summed E-state index contributed by atoms with van der Waals surface area (Å²) < 4.78 is 5.31. The molecule has 0 aliphatic carbocycles. The van der Waals surface area contributed by atoms with Crippen LogP contribution < -0.4 is 0 Å². The molecule has 0 spiro atoms. The van der Waals surface area contributed by atoms with Crippen LogP contribution in [0.25, 0.3) is 0 Å². The second kappa shape index (κ2) is 8.14. The van der Waals surface area contributed by atoms with E-state index in [2.05, 4.69) is 6.92 Å². The second-order valence-corrected chi connectivity index (χ2v) is 6.64. The number of carbonyl (C=O) groups is 2. The minimum atomic E-state index is -0.113. The normalized spacial score (nSPS) is 15.7. The van der Waals surface area contributed by atoms with Crippen molar-refractivity contribution >= 4 is 11.9 Å². The maximum absolute atomic E-state index is 12.5. The van der Waals surface area contributed by atoms with E-state index in [1.807, 2.05) is 43.0 Å². The topological polar surface area (TPSA) is 46.6 Å². The number of piperidine rings is 1. The molecule has 1 saturated heterocycles. The molecule has 4 nitrogen and oxygen atoms in total. The molecule has 0 N–H and O–H groups in total. The summed E-state index contributed by atoms with van der Waals surface area (Å²) >= 11 is 0. The number of nitrogens with zero attached hydrogens (tertiary/aromatic N) is 1. The Kier molecular flexibility index (Phi) is 6.20. The van der Waals surface area contributed by atoms with Gasteiger partial charge in [-0.3, -0.25) is 9.59 Å². The molecule has 0 radical (unpaired) electrons. The van der Waals surface area contributed by atoms with Crippen LogP contribution in [0.2, 0.25) is 0 Å². The molecule has 0 unspecified atom stereocenters. The molecule has 0 atom stereocenters. The summed E-state index contributed by atoms with van der Waals surface area (Å²) in [7, 11) is 0. The van der Waals surface area contributed by atoms with Crippen molar-refractivity contribution in [2.45, 2.75) is 40.0 Å². The standard InChI is InChI=1S/C19H27NO3/c1-4-15-5-7-16(8-6-15)18(21)20-11-9-17(10-12-20)19(22)23-13-14(2)3/h5-8,14,17H,4,9-13H2,1-3H3. The smallest absolute Gasteiger partial charge is 0.309 e. The average Bonchev–Trinajstić information content (AvgIpc) is 2.59. The van der Waals surface area contributed by atoms with Crippen LogP contribution in [0, 0.1) is 11.8 Å². The zero-order valence-electron chi connectivity index (χ0n) is 14.4. The third kappa shape index (κ3) is 4.81. The van der Waals surface area contributed by atoms with Gasteiger partial charge in [0.25, 0.3) is 5.91 Å². The molecule has 1 aromatic carbocycles. The first-order valence-corrected chi connectivity index (χ1v) is 8.56. The first-order chi connectivity index (χ1) is 11.0. The summed E-state index contributed by atoms with van der Waals surface area (Å²) in [4.78, 5) is 26.3. The van der Waals surface area contributed by atoms with Crippen molar-refractivity contribution in [1.82, 2.24) is 4.90 Å². The number of likely N-dealkylation sites (tertiary alicyclic amines) is 1. The van der Waals surface area contributed by atoms with Gasteiger partial charge in [0.1, 0.15) is 0 Å². The van der Waals surface area contributed by atoms with E-state index < -0.39 is 0 Å². The van der Waals surface area contributed by atoms with Gasteiger partial charge in [-0.1, -0.05) is 32.9 Å². The van der Waals surface area contributed by atoms with Crippen LogP contribution in [0.15, 0.2) is 24.3 Å². The lowest BCUT2D eigenvalue weighted by Gasteiger charge is -2.31. The summed E-state index contributed by atoms with van der Waals surface area (Å²) in [5.41, 5.74) is 1.95. The third-order valence-corrected chi connectivity index (χ3v) is 4.28. The van der Waals surface area contributed by atoms with Gasteiger partial charge in [-0.25, -0.2) is 0 Å². The number of esters is 1. The maximum Gasteiger partial charge on any atom is 0.309 e. The number of hydrogen-bond donors (Lipinski definition) is 0. The largest absolute Gasteiger partial charge is 0.465 e. The highest BCUT2D eigenvalue weighted by Gasteiger charge is 2.28. The molecule has 126 valence electrons. The highest BCUT2D eigenvalue weighted by Crippen LogP contribution is 2.21. The van der Waals surface area contributed by atoms with Crippen molar-refractivity contribution in [3.63, 3.8) is 0 Å². The molecule has 1 aliphatic rings. The fourth-order valence-corrected chi connectivity index (χ4v) is 2.75. The van der Waals surface area contributed by atoms with Crippen LogP contribution in [0.1, 0.15) is 49.5 Å². The molecule has 23 heavy (non-hydrogen) atoms. The Labute approximate surface area is 138 Å². The predicted octanol–water partition coefficient (Wildman–Crippen LogP) is 3.30. The molecular formula is C19H27NO3. The van der Waals surface area contributed by atoms with E-state index in [0.29, 0.717) is 38.5 Å². The Balaban J connectivity index is 1.85. The zero-order valence-corrected chi connectivity index (χ0v) is 14.4. The lowest BCUT2D eigenvalue weighted by Crippen LogP contribution is -2.40. The van der Waals surface area contributed by atoms with Crippen molar-refractivity contribution in [1.29, 1.82) is 0 Å². The van der Waals surface area contributed by atoms with Crippen LogP contribution in [0.3, 0.4) is 0 Å². The number of ether oxygens (including phenoxy) is 1. The molecule has 1 heterocycles. The Morgan fingerprint density at radius 3 is 2.30 bits per heavy atom. The Bertz CT molecular complexity index is 528. The van der Waals surface area contributed by atoms with E-state index in [1.54, 1.807) is 0 Å². The van der Waals surface area contributed by atoms with Gasteiger partial charge in [0.15, 0.2) is 0 Å². The number of aryl methyl sites for hydroxylation is 1. The minimum Gasteiger partial charge on any atom is -0.465 e. The number of rotatable bonds is 5. The molecule has 2 rings (SSSR count). The Morgan fingerprint density at radius 2 is 1.78 bits per heavy atom. The van der Waals surface area contributed by atoms with Gasteiger partial charge < -0.3 is 9.64 Å². The van der Waals surface area contributed by atoms with Crippen LogP contribution in [-0.4, -0.2) is 36.5 Å². The van der Waals surface area contributed by atoms with Gasteiger partial charge in [0, 0.05) is 18.7 Å². The quantitative estimate of drug-likeness (QED) is 0.783. The van der Waals surface area contributed by atoms with E-state index in [-0.39, 0.29) is 17.8 Å². The summed E-state index contributed by atoms with van der Waals surface area (Å²) in [6.07, 6.45) is 2.35. The van der Waals surface area contributed by atoms with Crippen LogP contribution in [0.4, 0.5) is 0 Å². The molecule has 0 aromatic heterocycles. The molecule has 0 bridgehead atoms. The van der Waals surface area contributed by atoms with Crippen molar-refractivity contribution in [3.8, 4) is 0 Å².